The Balaban J connectivity index is 1.63. The fourth-order valence-corrected chi connectivity index (χ4v) is 3.78. The highest BCUT2D eigenvalue weighted by atomic mass is 35.5. The van der Waals surface area contributed by atoms with Crippen molar-refractivity contribution >= 4 is 11.6 Å². The van der Waals surface area contributed by atoms with Crippen molar-refractivity contribution < 1.29 is 0 Å². The number of hydrogen-bond donors (Lipinski definition) is 0. The summed E-state index contributed by atoms with van der Waals surface area (Å²) in [5.74, 6) is 2.45. The van der Waals surface area contributed by atoms with E-state index in [1.54, 1.807) is 0 Å². The molecule has 3 fully saturated rings. The number of benzene rings is 1. The van der Waals surface area contributed by atoms with Gasteiger partial charge < -0.3 is 4.57 Å². The van der Waals surface area contributed by atoms with E-state index in [9.17, 15) is 0 Å². The normalized spacial score (nSPS) is 24.3. The average Bonchev–Trinajstić information content (AvgIpc) is 3.39. The Kier molecular flexibility index (Phi) is 2.47. The Hall–Kier alpha value is -1.35. The lowest BCUT2D eigenvalue weighted by Crippen LogP contribution is -2.19. The van der Waals surface area contributed by atoms with E-state index in [2.05, 4.69) is 28.7 Å². The summed E-state index contributed by atoms with van der Waals surface area (Å²) in [4.78, 5) is 0. The van der Waals surface area contributed by atoms with Crippen LogP contribution in [0.5, 0.6) is 0 Å². The van der Waals surface area contributed by atoms with Crippen LogP contribution < -0.4 is 0 Å². The number of hydrogen-bond acceptors (Lipinski definition) is 2. The second-order valence-corrected chi connectivity index (χ2v) is 8.03. The van der Waals surface area contributed by atoms with Crippen molar-refractivity contribution in [2.24, 2.45) is 0 Å². The van der Waals surface area contributed by atoms with Gasteiger partial charge in [-0.05, 0) is 56.2 Å². The van der Waals surface area contributed by atoms with Crippen LogP contribution in [0.3, 0.4) is 0 Å². The van der Waals surface area contributed by atoms with Gasteiger partial charge in [-0.25, -0.2) is 0 Å². The highest BCUT2D eigenvalue weighted by molar-refractivity contribution is 6.30. The molecule has 3 aliphatic carbocycles. The van der Waals surface area contributed by atoms with Crippen LogP contribution in [0.25, 0.3) is 0 Å². The van der Waals surface area contributed by atoms with Gasteiger partial charge in [0.25, 0.3) is 0 Å². The molecule has 0 N–H and O–H groups in total. The molecule has 5 rings (SSSR count). The average molecular weight is 314 g/mol. The van der Waals surface area contributed by atoms with Gasteiger partial charge in [-0.2, -0.15) is 0 Å². The molecule has 22 heavy (non-hydrogen) atoms. The Bertz CT molecular complexity index is 734. The number of nitrogens with zero attached hydrogens (tertiary/aromatic N) is 3. The maximum absolute atomic E-state index is 6.06. The lowest BCUT2D eigenvalue weighted by molar-refractivity contribution is 0.567. The third-order valence-electron chi connectivity index (χ3n) is 5.72. The van der Waals surface area contributed by atoms with Gasteiger partial charge in [-0.3, -0.25) is 0 Å². The lowest BCUT2D eigenvalue weighted by Gasteiger charge is -2.19. The second-order valence-electron chi connectivity index (χ2n) is 7.60. The molecule has 3 nitrogen and oxygen atoms in total. The molecule has 1 heterocycles. The first-order valence-electron chi connectivity index (χ1n) is 8.34. The monoisotopic (exact) mass is 313 g/mol. The minimum atomic E-state index is 0.0870. The first kappa shape index (κ1) is 13.1. The van der Waals surface area contributed by atoms with Gasteiger partial charge in [0.05, 0.1) is 5.41 Å². The van der Waals surface area contributed by atoms with Crippen LogP contribution in [0.1, 0.15) is 68.7 Å². The number of rotatable bonds is 4. The lowest BCUT2D eigenvalue weighted by atomic mass is 9.94. The third-order valence-corrected chi connectivity index (χ3v) is 5.97. The SMILES string of the molecule is CC1(c2nnc(C3(c4ccc(Cl)cc4)CC3)n2C2CC2)CC1. The van der Waals surface area contributed by atoms with E-state index >= 15 is 0 Å². The van der Waals surface area contributed by atoms with Crippen LogP contribution >= 0.6 is 11.6 Å². The molecule has 0 spiro atoms. The molecular formula is C18H20ClN3. The van der Waals surface area contributed by atoms with Crippen LogP contribution in [0.15, 0.2) is 24.3 Å². The largest absolute Gasteiger partial charge is 0.311 e. The standard InChI is InChI=1S/C18H20ClN3/c1-17(8-9-17)15-20-21-16(22(15)14-6-7-14)18(10-11-18)12-2-4-13(19)5-3-12/h2-5,14H,6-11H2,1H3. The quantitative estimate of drug-likeness (QED) is 0.837. The molecule has 0 amide bonds. The van der Waals surface area contributed by atoms with E-state index in [1.807, 2.05) is 12.1 Å². The number of aromatic nitrogens is 3. The third kappa shape index (κ3) is 1.81. The van der Waals surface area contributed by atoms with Gasteiger partial charge in [0.2, 0.25) is 0 Å². The molecule has 1 aromatic carbocycles. The summed E-state index contributed by atoms with van der Waals surface area (Å²) in [6, 6.07) is 8.97. The summed E-state index contributed by atoms with van der Waals surface area (Å²) >= 11 is 6.06. The van der Waals surface area contributed by atoms with Crippen molar-refractivity contribution in [2.45, 2.75) is 62.3 Å². The Labute approximate surface area is 135 Å². The fraction of sp³-hybridized carbons (Fsp3) is 0.556. The Morgan fingerprint density at radius 2 is 1.64 bits per heavy atom. The van der Waals surface area contributed by atoms with Gasteiger partial charge in [-0.15, -0.1) is 10.2 Å². The molecule has 0 unspecified atom stereocenters. The minimum Gasteiger partial charge on any atom is -0.311 e. The van der Waals surface area contributed by atoms with E-state index < -0.39 is 0 Å². The molecule has 0 bridgehead atoms. The van der Waals surface area contributed by atoms with Gasteiger partial charge in [0.1, 0.15) is 11.6 Å². The smallest absolute Gasteiger partial charge is 0.143 e. The highest BCUT2D eigenvalue weighted by Gasteiger charge is 2.54. The molecule has 3 aliphatic rings. The zero-order chi connectivity index (χ0) is 14.9. The second kappa shape index (κ2) is 4.14. The zero-order valence-corrected chi connectivity index (χ0v) is 13.6. The Morgan fingerprint density at radius 1 is 1.00 bits per heavy atom. The van der Waals surface area contributed by atoms with Crippen LogP contribution in [0.4, 0.5) is 0 Å². The van der Waals surface area contributed by atoms with Crippen molar-refractivity contribution in [1.82, 2.24) is 14.8 Å². The van der Waals surface area contributed by atoms with E-state index in [0.29, 0.717) is 6.04 Å². The van der Waals surface area contributed by atoms with Gasteiger partial charge in [0.15, 0.2) is 0 Å². The molecule has 2 aromatic rings. The van der Waals surface area contributed by atoms with E-state index in [1.165, 1.54) is 55.7 Å². The molecule has 114 valence electrons. The van der Waals surface area contributed by atoms with Gasteiger partial charge in [0, 0.05) is 16.5 Å². The summed E-state index contributed by atoms with van der Waals surface area (Å²) < 4.78 is 2.51. The van der Waals surface area contributed by atoms with Crippen molar-refractivity contribution in [2.75, 3.05) is 0 Å². The topological polar surface area (TPSA) is 30.7 Å². The maximum atomic E-state index is 6.06. The van der Waals surface area contributed by atoms with E-state index in [4.69, 9.17) is 16.7 Å². The van der Waals surface area contributed by atoms with E-state index in [0.717, 1.165) is 5.02 Å². The summed E-state index contributed by atoms with van der Waals surface area (Å²) in [6.07, 6.45) is 7.43. The fourth-order valence-electron chi connectivity index (χ4n) is 3.65. The van der Waals surface area contributed by atoms with Gasteiger partial charge >= 0.3 is 0 Å². The molecule has 4 heteroatoms. The van der Waals surface area contributed by atoms with Crippen LogP contribution in [0, 0.1) is 0 Å². The zero-order valence-electron chi connectivity index (χ0n) is 12.8. The number of halogens is 1. The minimum absolute atomic E-state index is 0.0870. The Morgan fingerprint density at radius 3 is 2.18 bits per heavy atom. The highest BCUT2D eigenvalue weighted by Crippen LogP contribution is 2.57. The van der Waals surface area contributed by atoms with Crippen molar-refractivity contribution in [3.05, 3.63) is 46.5 Å². The molecular weight excluding hydrogens is 294 g/mol. The molecule has 0 aliphatic heterocycles. The first-order valence-corrected chi connectivity index (χ1v) is 8.72. The van der Waals surface area contributed by atoms with Gasteiger partial charge in [-0.1, -0.05) is 30.7 Å². The summed E-state index contributed by atoms with van der Waals surface area (Å²) in [7, 11) is 0. The van der Waals surface area contributed by atoms with Crippen LogP contribution in [0.2, 0.25) is 5.02 Å². The molecule has 1 aromatic heterocycles. The van der Waals surface area contributed by atoms with Crippen LogP contribution in [-0.4, -0.2) is 14.8 Å². The van der Waals surface area contributed by atoms with Crippen LogP contribution in [-0.2, 0) is 10.8 Å². The predicted molar refractivity (Wildman–Crippen MR) is 86.3 cm³/mol. The molecule has 0 radical (unpaired) electrons. The summed E-state index contributed by atoms with van der Waals surface area (Å²) in [5.41, 5.74) is 1.71. The molecule has 0 atom stereocenters. The van der Waals surface area contributed by atoms with E-state index in [-0.39, 0.29) is 10.8 Å². The maximum Gasteiger partial charge on any atom is 0.143 e. The summed E-state index contributed by atoms with van der Waals surface area (Å²) in [5, 5.41) is 10.1. The summed E-state index contributed by atoms with van der Waals surface area (Å²) in [6.45, 7) is 2.33. The van der Waals surface area contributed by atoms with Crippen molar-refractivity contribution in [3.8, 4) is 0 Å². The van der Waals surface area contributed by atoms with Crippen molar-refractivity contribution in [1.29, 1.82) is 0 Å². The van der Waals surface area contributed by atoms with Crippen molar-refractivity contribution in [3.63, 3.8) is 0 Å². The molecule has 0 saturated heterocycles. The first-order chi connectivity index (χ1) is 10.6. The molecule has 3 saturated carbocycles. The predicted octanol–water partition coefficient (Wildman–Crippen LogP) is 4.40.